The molecule has 2 aromatic carbocycles. The topological polar surface area (TPSA) is 49.9 Å². The van der Waals surface area contributed by atoms with Gasteiger partial charge in [0.1, 0.15) is 5.75 Å². The molecule has 1 aliphatic carbocycles. The van der Waals surface area contributed by atoms with Crippen LogP contribution < -0.4 is 9.64 Å². The molecule has 29 heavy (non-hydrogen) atoms. The second-order valence-electron chi connectivity index (χ2n) is 7.66. The van der Waals surface area contributed by atoms with E-state index in [1.165, 1.54) is 0 Å². The highest BCUT2D eigenvalue weighted by atomic mass is 35.5. The summed E-state index contributed by atoms with van der Waals surface area (Å²) in [7, 11) is 1.63. The molecule has 0 aromatic heterocycles. The average Bonchev–Trinajstić information content (AvgIpc) is 3.45. The van der Waals surface area contributed by atoms with Gasteiger partial charge in [-0.25, -0.2) is 0 Å². The Balaban J connectivity index is 1.58. The Morgan fingerprint density at radius 2 is 2.10 bits per heavy atom. The van der Waals surface area contributed by atoms with Crippen LogP contribution in [-0.2, 0) is 21.0 Å². The van der Waals surface area contributed by atoms with Crippen molar-refractivity contribution in [2.75, 3.05) is 24.3 Å². The molecule has 1 spiro atoms. The third-order valence-electron chi connectivity index (χ3n) is 5.82. The van der Waals surface area contributed by atoms with E-state index >= 15 is 0 Å². The lowest BCUT2D eigenvalue weighted by molar-refractivity contribution is -0.141. The normalized spacial score (nSPS) is 23.0. The van der Waals surface area contributed by atoms with Gasteiger partial charge in [0.2, 0.25) is 5.91 Å². The predicted octanol–water partition coefficient (Wildman–Crippen LogP) is 4.03. The monoisotopic (exact) mass is 428 g/mol. The zero-order valence-corrected chi connectivity index (χ0v) is 17.6. The molecular weight excluding hydrogens is 408 g/mol. The van der Waals surface area contributed by atoms with Gasteiger partial charge in [0.15, 0.2) is 4.87 Å². The molecule has 0 N–H and O–H groups in total. The van der Waals surface area contributed by atoms with E-state index in [1.807, 2.05) is 36.4 Å². The van der Waals surface area contributed by atoms with Crippen LogP contribution in [0.4, 0.5) is 5.69 Å². The van der Waals surface area contributed by atoms with Crippen LogP contribution in [0.3, 0.4) is 0 Å². The summed E-state index contributed by atoms with van der Waals surface area (Å²) in [6, 6.07) is 13.3. The van der Waals surface area contributed by atoms with Crippen molar-refractivity contribution in [3.05, 3.63) is 58.6 Å². The minimum absolute atomic E-state index is 0.0610. The summed E-state index contributed by atoms with van der Waals surface area (Å²) >= 11 is 7.87. The van der Waals surface area contributed by atoms with E-state index in [-0.39, 0.29) is 17.7 Å². The zero-order valence-electron chi connectivity index (χ0n) is 16.1. The second-order valence-corrected chi connectivity index (χ2v) is 9.39. The Morgan fingerprint density at radius 1 is 1.28 bits per heavy atom. The molecule has 0 unspecified atom stereocenters. The molecule has 150 valence electrons. The van der Waals surface area contributed by atoms with Gasteiger partial charge in [0, 0.05) is 28.8 Å². The summed E-state index contributed by atoms with van der Waals surface area (Å²) in [6.07, 6.45) is 1.83. The number of rotatable bonds is 4. The van der Waals surface area contributed by atoms with Gasteiger partial charge in [-0.1, -0.05) is 23.7 Å². The predicted molar refractivity (Wildman–Crippen MR) is 114 cm³/mol. The summed E-state index contributed by atoms with van der Waals surface area (Å²) in [5.74, 6) is 1.59. The Bertz CT molecular complexity index is 1010. The Labute approximate surface area is 179 Å². The molecule has 5 nitrogen and oxygen atoms in total. The number of ether oxygens (including phenoxy) is 1. The molecule has 0 radical (unpaired) electrons. The van der Waals surface area contributed by atoms with E-state index in [1.54, 1.807) is 34.7 Å². The smallest absolute Gasteiger partial charge is 0.268 e. The Hall–Kier alpha value is -2.18. The van der Waals surface area contributed by atoms with Crippen molar-refractivity contribution >= 4 is 40.9 Å². The maximum atomic E-state index is 13.9. The summed E-state index contributed by atoms with van der Waals surface area (Å²) in [5.41, 5.74) is 2.62. The maximum Gasteiger partial charge on any atom is 0.268 e. The highest BCUT2D eigenvalue weighted by Gasteiger charge is 2.60. The van der Waals surface area contributed by atoms with Gasteiger partial charge in [0.05, 0.1) is 19.3 Å². The molecule has 0 bridgehead atoms. The van der Waals surface area contributed by atoms with Crippen LogP contribution in [0.1, 0.15) is 24.0 Å². The molecule has 1 atom stereocenters. The third kappa shape index (κ3) is 2.92. The van der Waals surface area contributed by atoms with Crippen molar-refractivity contribution in [2.24, 2.45) is 5.92 Å². The summed E-state index contributed by atoms with van der Waals surface area (Å²) in [6.45, 7) is 1.00. The van der Waals surface area contributed by atoms with Crippen molar-refractivity contribution in [1.29, 1.82) is 0 Å². The fraction of sp³-hybridized carbons (Fsp3) is 0.364. The van der Waals surface area contributed by atoms with Crippen molar-refractivity contribution in [3.63, 3.8) is 0 Å². The van der Waals surface area contributed by atoms with Crippen LogP contribution in [0.25, 0.3) is 0 Å². The van der Waals surface area contributed by atoms with E-state index in [2.05, 4.69) is 0 Å². The van der Waals surface area contributed by atoms with Crippen molar-refractivity contribution in [2.45, 2.75) is 24.3 Å². The first-order chi connectivity index (χ1) is 14.0. The summed E-state index contributed by atoms with van der Waals surface area (Å²) in [5, 5.41) is 0.575. The SMILES string of the molecule is COc1cccc(CN2C(=O)[C@]3(SCCN3C(=O)C3CC3)c3cc(Cl)ccc32)c1. The fourth-order valence-electron chi connectivity index (χ4n) is 4.27. The standard InChI is InChI=1S/C22H21ClN2O3S/c1-28-17-4-2-3-14(11-17)13-24-19-8-7-16(23)12-18(19)22(21(24)27)25(9-10-29-22)20(26)15-5-6-15/h2-4,7-8,11-12,15H,5-6,9-10,13H2,1H3/t22-/m1/s1. The van der Waals surface area contributed by atoms with Crippen LogP contribution in [0.5, 0.6) is 5.75 Å². The molecule has 1 saturated heterocycles. The number of hydrogen-bond donors (Lipinski definition) is 0. The molecular formula is C22H21ClN2O3S. The number of benzene rings is 2. The first-order valence-electron chi connectivity index (χ1n) is 9.75. The molecule has 1 saturated carbocycles. The maximum absolute atomic E-state index is 13.9. The number of carbonyl (C=O) groups is 2. The van der Waals surface area contributed by atoms with E-state index in [9.17, 15) is 9.59 Å². The van der Waals surface area contributed by atoms with Crippen LogP contribution in [0.15, 0.2) is 42.5 Å². The van der Waals surface area contributed by atoms with Gasteiger partial charge in [-0.3, -0.25) is 9.59 Å². The highest BCUT2D eigenvalue weighted by Crippen LogP contribution is 2.56. The first-order valence-corrected chi connectivity index (χ1v) is 11.1. The van der Waals surface area contributed by atoms with Gasteiger partial charge in [-0.15, -0.1) is 11.8 Å². The molecule has 2 amide bonds. The Morgan fingerprint density at radius 3 is 2.86 bits per heavy atom. The van der Waals surface area contributed by atoms with Crippen LogP contribution in [0.2, 0.25) is 5.02 Å². The molecule has 5 rings (SSSR count). The average molecular weight is 429 g/mol. The number of hydrogen-bond acceptors (Lipinski definition) is 4. The molecule has 2 aliphatic heterocycles. The van der Waals surface area contributed by atoms with Crippen LogP contribution in [0, 0.1) is 5.92 Å². The van der Waals surface area contributed by atoms with E-state index in [0.29, 0.717) is 18.1 Å². The second kappa shape index (κ2) is 6.96. The third-order valence-corrected chi connectivity index (χ3v) is 7.48. The van der Waals surface area contributed by atoms with Gasteiger partial charge in [-0.2, -0.15) is 0 Å². The quantitative estimate of drug-likeness (QED) is 0.737. The number of halogens is 1. The number of nitrogens with zero attached hydrogens (tertiary/aromatic N) is 2. The number of methoxy groups -OCH3 is 1. The van der Waals surface area contributed by atoms with Crippen LogP contribution in [-0.4, -0.2) is 36.1 Å². The molecule has 2 fully saturated rings. The molecule has 2 heterocycles. The molecule has 2 aromatic rings. The van der Waals surface area contributed by atoms with Gasteiger partial charge >= 0.3 is 0 Å². The lowest BCUT2D eigenvalue weighted by atomic mass is 10.1. The van der Waals surface area contributed by atoms with Gasteiger partial charge in [-0.05, 0) is 48.7 Å². The summed E-state index contributed by atoms with van der Waals surface area (Å²) < 4.78 is 5.33. The minimum Gasteiger partial charge on any atom is -0.497 e. The number of carbonyl (C=O) groups excluding carboxylic acids is 2. The van der Waals surface area contributed by atoms with Gasteiger partial charge < -0.3 is 14.5 Å². The van der Waals surface area contributed by atoms with E-state index < -0.39 is 4.87 Å². The van der Waals surface area contributed by atoms with E-state index in [4.69, 9.17) is 16.3 Å². The van der Waals surface area contributed by atoms with Crippen molar-refractivity contribution < 1.29 is 14.3 Å². The van der Waals surface area contributed by atoms with Gasteiger partial charge in [0.25, 0.3) is 5.91 Å². The number of anilines is 1. The van der Waals surface area contributed by atoms with Crippen LogP contribution >= 0.6 is 23.4 Å². The largest absolute Gasteiger partial charge is 0.497 e. The van der Waals surface area contributed by atoms with E-state index in [0.717, 1.165) is 41.2 Å². The number of fused-ring (bicyclic) bond motifs is 2. The first kappa shape index (κ1) is 18.8. The minimum atomic E-state index is -1.00. The zero-order chi connectivity index (χ0) is 20.2. The number of thioether (sulfide) groups is 1. The lowest BCUT2D eigenvalue weighted by Gasteiger charge is -2.33. The van der Waals surface area contributed by atoms with Crippen molar-refractivity contribution in [1.82, 2.24) is 4.90 Å². The van der Waals surface area contributed by atoms with Crippen molar-refractivity contribution in [3.8, 4) is 5.75 Å². The molecule has 3 aliphatic rings. The number of amides is 2. The summed E-state index contributed by atoms with van der Waals surface area (Å²) in [4.78, 5) is 29.5. The lowest BCUT2D eigenvalue weighted by Crippen LogP contribution is -2.50. The highest BCUT2D eigenvalue weighted by molar-refractivity contribution is 8.01. The fourth-order valence-corrected chi connectivity index (χ4v) is 5.90. The Kier molecular flexibility index (Phi) is 4.51. The molecule has 7 heteroatoms.